The van der Waals surface area contributed by atoms with E-state index in [0.717, 1.165) is 43.3 Å². The summed E-state index contributed by atoms with van der Waals surface area (Å²) in [7, 11) is 2.21. The molecule has 0 unspecified atom stereocenters. The van der Waals surface area contributed by atoms with E-state index in [1.165, 1.54) is 27.7 Å². The van der Waals surface area contributed by atoms with Crippen LogP contribution in [0.2, 0.25) is 5.02 Å². The molecule has 0 bridgehead atoms. The zero-order valence-electron chi connectivity index (χ0n) is 16.6. The van der Waals surface area contributed by atoms with E-state index < -0.39 is 0 Å². The molecular weight excluding hydrogens is 356 g/mol. The van der Waals surface area contributed by atoms with Crippen molar-refractivity contribution in [2.75, 3.05) is 20.1 Å². The molecule has 0 amide bonds. The van der Waals surface area contributed by atoms with E-state index >= 15 is 0 Å². The number of likely N-dealkylation sites (N-methyl/N-ethyl adjacent to an activating group) is 1. The molecule has 0 spiro atoms. The maximum atomic E-state index is 6.35. The van der Waals surface area contributed by atoms with E-state index in [-0.39, 0.29) is 5.41 Å². The molecule has 0 N–H and O–H groups in total. The zero-order valence-corrected chi connectivity index (χ0v) is 17.3. The van der Waals surface area contributed by atoms with Gasteiger partial charge in [0.1, 0.15) is 5.82 Å². The van der Waals surface area contributed by atoms with Gasteiger partial charge in [-0.2, -0.15) is 0 Å². The van der Waals surface area contributed by atoms with E-state index in [2.05, 4.69) is 52.5 Å². The summed E-state index contributed by atoms with van der Waals surface area (Å²) in [5.74, 6) is 0.813. The molecule has 0 aliphatic carbocycles. The van der Waals surface area contributed by atoms with E-state index in [4.69, 9.17) is 11.6 Å². The first-order valence-electron chi connectivity index (χ1n) is 9.62. The number of hydrogen-bond donors (Lipinski definition) is 0. The second kappa shape index (κ2) is 6.92. The lowest BCUT2D eigenvalue weighted by molar-refractivity contribution is 0.349. The van der Waals surface area contributed by atoms with Crippen LogP contribution in [-0.2, 0) is 24.8 Å². The van der Waals surface area contributed by atoms with E-state index in [1.54, 1.807) is 0 Å². The van der Waals surface area contributed by atoms with Crippen LogP contribution in [0.4, 0.5) is 0 Å². The first-order valence-corrected chi connectivity index (χ1v) is 10.00. The highest BCUT2D eigenvalue weighted by Gasteiger charge is 2.27. The number of halogens is 1. The SMILES string of the molecule is Cc1ncc(C(C)(C)Cn2c3c(c4cc(Cl)ccc42)CCN(C)CC3)cn1. The Morgan fingerprint density at radius 1 is 1.11 bits per heavy atom. The summed E-state index contributed by atoms with van der Waals surface area (Å²) in [6, 6.07) is 6.32. The molecule has 4 nitrogen and oxygen atoms in total. The maximum absolute atomic E-state index is 6.35. The second-order valence-electron chi connectivity index (χ2n) is 8.38. The van der Waals surface area contributed by atoms with E-state index in [0.29, 0.717) is 0 Å². The Morgan fingerprint density at radius 2 is 1.81 bits per heavy atom. The molecule has 4 rings (SSSR count). The molecule has 1 aliphatic heterocycles. The fourth-order valence-electron chi connectivity index (χ4n) is 4.13. The van der Waals surface area contributed by atoms with Gasteiger partial charge in [0.05, 0.1) is 0 Å². The molecule has 3 heterocycles. The third-order valence-corrected chi connectivity index (χ3v) is 6.07. The van der Waals surface area contributed by atoms with Gasteiger partial charge < -0.3 is 9.47 Å². The molecule has 0 fully saturated rings. The largest absolute Gasteiger partial charge is 0.343 e. The van der Waals surface area contributed by atoms with E-state index in [9.17, 15) is 0 Å². The Hall–Kier alpha value is -1.91. The van der Waals surface area contributed by atoms with Crippen LogP contribution in [0.5, 0.6) is 0 Å². The molecular formula is C22H27ClN4. The van der Waals surface area contributed by atoms with Crippen molar-refractivity contribution in [3.05, 3.63) is 58.3 Å². The van der Waals surface area contributed by atoms with Crippen molar-refractivity contribution in [3.8, 4) is 0 Å². The Morgan fingerprint density at radius 3 is 2.56 bits per heavy atom. The lowest BCUT2D eigenvalue weighted by Gasteiger charge is -2.27. The molecule has 5 heteroatoms. The first kappa shape index (κ1) is 18.5. The van der Waals surface area contributed by atoms with Gasteiger partial charge in [0.15, 0.2) is 0 Å². The van der Waals surface area contributed by atoms with Crippen LogP contribution in [0, 0.1) is 6.92 Å². The lowest BCUT2D eigenvalue weighted by Crippen LogP contribution is -2.27. The molecule has 142 valence electrons. The highest BCUT2D eigenvalue weighted by molar-refractivity contribution is 6.31. The van der Waals surface area contributed by atoms with Crippen LogP contribution in [0.3, 0.4) is 0 Å². The average Bonchev–Trinajstić information content (AvgIpc) is 2.76. The standard InChI is InChI=1S/C22H27ClN4/c1-15-24-12-16(13-25-15)22(2,3)14-27-20-6-5-17(23)11-19(20)18-7-9-26(4)10-8-21(18)27/h5-6,11-13H,7-10,14H2,1-4H3. The first-order chi connectivity index (χ1) is 12.8. The minimum Gasteiger partial charge on any atom is -0.343 e. The Bertz CT molecular complexity index is 972. The molecule has 3 aromatic rings. The average molecular weight is 383 g/mol. The number of aryl methyl sites for hydroxylation is 1. The van der Waals surface area contributed by atoms with Gasteiger partial charge in [-0.1, -0.05) is 25.4 Å². The summed E-state index contributed by atoms with van der Waals surface area (Å²) in [5.41, 5.74) is 5.31. The van der Waals surface area contributed by atoms with Crippen molar-refractivity contribution in [3.63, 3.8) is 0 Å². The molecule has 1 aromatic carbocycles. The Balaban J connectivity index is 1.82. The topological polar surface area (TPSA) is 34.0 Å². The number of nitrogens with zero attached hydrogens (tertiary/aromatic N) is 4. The maximum Gasteiger partial charge on any atom is 0.125 e. The van der Waals surface area contributed by atoms with Crippen LogP contribution in [0.15, 0.2) is 30.6 Å². The fraction of sp³-hybridized carbons (Fsp3) is 0.455. The summed E-state index contributed by atoms with van der Waals surface area (Å²) in [6.45, 7) is 9.56. The van der Waals surface area contributed by atoms with Gasteiger partial charge in [-0.15, -0.1) is 0 Å². The van der Waals surface area contributed by atoms with Gasteiger partial charge >= 0.3 is 0 Å². The van der Waals surface area contributed by atoms with Crippen LogP contribution >= 0.6 is 11.6 Å². The quantitative estimate of drug-likeness (QED) is 0.673. The summed E-state index contributed by atoms with van der Waals surface area (Å²) in [5, 5.41) is 2.12. The molecule has 2 aromatic heterocycles. The van der Waals surface area contributed by atoms with Crippen LogP contribution in [-0.4, -0.2) is 39.6 Å². The smallest absolute Gasteiger partial charge is 0.125 e. The third-order valence-electron chi connectivity index (χ3n) is 5.84. The van der Waals surface area contributed by atoms with E-state index in [1.807, 2.05) is 25.4 Å². The van der Waals surface area contributed by atoms with Gasteiger partial charge in [0.2, 0.25) is 0 Å². The molecule has 1 aliphatic rings. The van der Waals surface area contributed by atoms with Gasteiger partial charge in [0.25, 0.3) is 0 Å². The molecule has 0 radical (unpaired) electrons. The zero-order chi connectivity index (χ0) is 19.2. The van der Waals surface area contributed by atoms with Gasteiger partial charge in [-0.25, -0.2) is 9.97 Å². The van der Waals surface area contributed by atoms with Crippen molar-refractivity contribution in [1.29, 1.82) is 0 Å². The van der Waals surface area contributed by atoms with Crippen molar-refractivity contribution < 1.29 is 0 Å². The predicted molar refractivity (Wildman–Crippen MR) is 112 cm³/mol. The summed E-state index contributed by atoms with van der Waals surface area (Å²) < 4.78 is 2.51. The van der Waals surface area contributed by atoms with Crippen LogP contribution < -0.4 is 0 Å². The van der Waals surface area contributed by atoms with Crippen LogP contribution in [0.1, 0.15) is 36.5 Å². The highest BCUT2D eigenvalue weighted by atomic mass is 35.5. The Labute approximate surface area is 166 Å². The van der Waals surface area contributed by atoms with Crippen molar-refractivity contribution in [2.45, 2.75) is 45.6 Å². The number of fused-ring (bicyclic) bond motifs is 3. The number of hydrogen-bond acceptors (Lipinski definition) is 3. The van der Waals surface area contributed by atoms with Gasteiger partial charge in [0, 0.05) is 65.5 Å². The minimum atomic E-state index is -0.0642. The summed E-state index contributed by atoms with van der Waals surface area (Å²) in [6.07, 6.45) is 6.08. The van der Waals surface area contributed by atoms with Gasteiger partial charge in [-0.05, 0) is 49.7 Å². The molecule has 0 saturated carbocycles. The number of rotatable bonds is 3. The van der Waals surface area contributed by atoms with Crippen molar-refractivity contribution in [2.24, 2.45) is 0 Å². The monoisotopic (exact) mass is 382 g/mol. The highest BCUT2D eigenvalue weighted by Crippen LogP contribution is 2.34. The number of aromatic nitrogens is 3. The van der Waals surface area contributed by atoms with Gasteiger partial charge in [-0.3, -0.25) is 0 Å². The van der Waals surface area contributed by atoms with Crippen molar-refractivity contribution >= 4 is 22.5 Å². The lowest BCUT2D eigenvalue weighted by atomic mass is 9.86. The predicted octanol–water partition coefficient (Wildman–Crippen LogP) is 4.40. The molecule has 27 heavy (non-hydrogen) atoms. The summed E-state index contributed by atoms with van der Waals surface area (Å²) >= 11 is 6.35. The molecule has 0 atom stereocenters. The van der Waals surface area contributed by atoms with Crippen LogP contribution in [0.25, 0.3) is 10.9 Å². The second-order valence-corrected chi connectivity index (χ2v) is 8.82. The fourth-order valence-corrected chi connectivity index (χ4v) is 4.31. The normalized spacial score (nSPS) is 15.7. The molecule has 0 saturated heterocycles. The third kappa shape index (κ3) is 3.48. The number of benzene rings is 1. The summed E-state index contributed by atoms with van der Waals surface area (Å²) in [4.78, 5) is 11.2. The minimum absolute atomic E-state index is 0.0642. The Kier molecular flexibility index (Phi) is 4.73. The van der Waals surface area contributed by atoms with Crippen molar-refractivity contribution in [1.82, 2.24) is 19.4 Å².